The second-order valence-corrected chi connectivity index (χ2v) is 6.24. The number of hydrogen-bond donors (Lipinski definition) is 0. The van der Waals surface area contributed by atoms with Gasteiger partial charge in [-0.1, -0.05) is 36.4 Å². The normalized spacial score (nSPS) is 11.3. The molecule has 0 aliphatic rings. The third-order valence-electron chi connectivity index (χ3n) is 4.40. The summed E-state index contributed by atoms with van der Waals surface area (Å²) in [5.41, 5.74) is 3.55. The molecule has 3 aromatic heterocycles. The number of nitrogens with zero attached hydrogens (tertiary/aromatic N) is 2. The summed E-state index contributed by atoms with van der Waals surface area (Å²) in [5.74, 6) is 1.41. The molecule has 26 heavy (non-hydrogen) atoms. The molecule has 0 atom stereocenters. The van der Waals surface area contributed by atoms with Crippen LogP contribution in [0.2, 0.25) is 0 Å². The van der Waals surface area contributed by atoms with Crippen molar-refractivity contribution >= 4 is 39.4 Å². The maximum absolute atomic E-state index is 6.12. The first-order valence-corrected chi connectivity index (χ1v) is 8.48. The predicted molar refractivity (Wildman–Crippen MR) is 103 cm³/mol. The van der Waals surface area contributed by atoms with Gasteiger partial charge in [0.1, 0.15) is 11.2 Å². The van der Waals surface area contributed by atoms with Gasteiger partial charge in [-0.05, 0) is 31.2 Å². The molecular weight excluding hydrogens is 324 g/mol. The van der Waals surface area contributed by atoms with Gasteiger partial charge in [0.25, 0.3) is 0 Å². The zero-order valence-electron chi connectivity index (χ0n) is 14.2. The van der Waals surface area contributed by atoms with E-state index < -0.39 is 0 Å². The molecule has 4 heteroatoms. The van der Waals surface area contributed by atoms with Gasteiger partial charge in [-0.3, -0.25) is 9.88 Å². The maximum Gasteiger partial charge on any atom is 0.208 e. The van der Waals surface area contributed by atoms with Gasteiger partial charge in [-0.2, -0.15) is 0 Å². The van der Waals surface area contributed by atoms with Crippen molar-refractivity contribution in [2.75, 3.05) is 4.90 Å². The van der Waals surface area contributed by atoms with Crippen LogP contribution in [0.25, 0.3) is 21.9 Å². The molecule has 0 amide bonds. The summed E-state index contributed by atoms with van der Waals surface area (Å²) in [6.07, 6.45) is 1.79. The highest BCUT2D eigenvalue weighted by Crippen LogP contribution is 2.40. The smallest absolute Gasteiger partial charge is 0.208 e. The largest absolute Gasteiger partial charge is 0.440 e. The Morgan fingerprint density at radius 3 is 1.85 bits per heavy atom. The molecule has 0 fully saturated rings. The highest BCUT2D eigenvalue weighted by Gasteiger charge is 2.20. The fourth-order valence-electron chi connectivity index (χ4n) is 3.19. The summed E-state index contributed by atoms with van der Waals surface area (Å²) < 4.78 is 12.2. The minimum absolute atomic E-state index is 0.704. The van der Waals surface area contributed by atoms with E-state index in [1.807, 2.05) is 84.6 Å². The van der Waals surface area contributed by atoms with E-state index in [1.165, 1.54) is 0 Å². The topological polar surface area (TPSA) is 42.4 Å². The Hall–Kier alpha value is -3.53. The molecule has 0 unspecified atom stereocenters. The lowest BCUT2D eigenvalue weighted by Crippen LogP contribution is -2.08. The number of anilines is 3. The van der Waals surface area contributed by atoms with Crippen molar-refractivity contribution < 1.29 is 8.83 Å². The summed E-state index contributed by atoms with van der Waals surface area (Å²) in [6.45, 7) is 1.97. The average molecular weight is 340 g/mol. The standard InChI is InChI=1S/C22H16N2O2/c1-15-12-18(10-11-23-15)24(21-13-16-6-2-4-8-19(16)25-21)22-14-17-7-3-5-9-20(17)26-22/h2-14H,1H3. The number of furan rings is 2. The monoisotopic (exact) mass is 340 g/mol. The van der Waals surface area contributed by atoms with Crippen LogP contribution in [-0.2, 0) is 0 Å². The maximum atomic E-state index is 6.12. The van der Waals surface area contributed by atoms with Crippen molar-refractivity contribution in [3.63, 3.8) is 0 Å². The minimum atomic E-state index is 0.704. The van der Waals surface area contributed by atoms with Crippen LogP contribution >= 0.6 is 0 Å². The van der Waals surface area contributed by atoms with Gasteiger partial charge in [0, 0.05) is 34.8 Å². The van der Waals surface area contributed by atoms with Crippen LogP contribution in [0.5, 0.6) is 0 Å². The number of para-hydroxylation sites is 2. The molecule has 0 N–H and O–H groups in total. The van der Waals surface area contributed by atoms with Crippen LogP contribution < -0.4 is 4.90 Å². The lowest BCUT2D eigenvalue weighted by molar-refractivity contribution is 0.583. The van der Waals surface area contributed by atoms with E-state index in [1.54, 1.807) is 6.20 Å². The zero-order valence-corrected chi connectivity index (χ0v) is 14.2. The van der Waals surface area contributed by atoms with E-state index in [0.717, 1.165) is 33.3 Å². The van der Waals surface area contributed by atoms with Crippen molar-refractivity contribution in [1.82, 2.24) is 4.98 Å². The highest BCUT2D eigenvalue weighted by atomic mass is 16.4. The number of pyridine rings is 1. The molecule has 0 radical (unpaired) electrons. The number of benzene rings is 2. The van der Waals surface area contributed by atoms with E-state index in [0.29, 0.717) is 11.8 Å². The predicted octanol–water partition coefficient (Wildman–Crippen LogP) is 6.35. The van der Waals surface area contributed by atoms with Gasteiger partial charge >= 0.3 is 0 Å². The Morgan fingerprint density at radius 1 is 0.731 bits per heavy atom. The first-order chi connectivity index (χ1) is 12.8. The van der Waals surface area contributed by atoms with Gasteiger partial charge in [0.2, 0.25) is 11.8 Å². The lowest BCUT2D eigenvalue weighted by atomic mass is 10.2. The fraction of sp³-hybridized carbons (Fsp3) is 0.0455. The molecule has 0 saturated heterocycles. The van der Waals surface area contributed by atoms with E-state index in [4.69, 9.17) is 8.83 Å². The third-order valence-corrected chi connectivity index (χ3v) is 4.40. The van der Waals surface area contributed by atoms with Crippen molar-refractivity contribution in [1.29, 1.82) is 0 Å². The molecule has 0 saturated carbocycles. The van der Waals surface area contributed by atoms with E-state index >= 15 is 0 Å². The molecule has 5 aromatic rings. The first kappa shape index (κ1) is 14.8. The van der Waals surface area contributed by atoms with E-state index in [2.05, 4.69) is 4.98 Å². The number of aryl methyl sites for hydroxylation is 1. The molecule has 0 aliphatic heterocycles. The van der Waals surface area contributed by atoms with Crippen molar-refractivity contribution in [3.8, 4) is 0 Å². The zero-order chi connectivity index (χ0) is 17.5. The molecule has 5 rings (SSSR count). The molecule has 3 heterocycles. The van der Waals surface area contributed by atoms with Gasteiger partial charge in [-0.25, -0.2) is 0 Å². The van der Waals surface area contributed by atoms with Crippen LogP contribution in [-0.4, -0.2) is 4.98 Å². The Morgan fingerprint density at radius 2 is 1.31 bits per heavy atom. The molecular formula is C22H16N2O2. The van der Waals surface area contributed by atoms with Gasteiger partial charge in [0.15, 0.2) is 0 Å². The Kier molecular flexibility index (Phi) is 3.28. The second kappa shape index (κ2) is 5.77. The lowest BCUT2D eigenvalue weighted by Gasteiger charge is -2.19. The molecule has 0 aliphatic carbocycles. The van der Waals surface area contributed by atoms with Crippen LogP contribution in [0.3, 0.4) is 0 Å². The van der Waals surface area contributed by atoms with Crippen molar-refractivity contribution in [2.45, 2.75) is 6.92 Å². The first-order valence-electron chi connectivity index (χ1n) is 8.48. The molecule has 126 valence electrons. The number of fused-ring (bicyclic) bond motifs is 2. The summed E-state index contributed by atoms with van der Waals surface area (Å²) in [6, 6.07) is 24.0. The molecule has 4 nitrogen and oxygen atoms in total. The summed E-state index contributed by atoms with van der Waals surface area (Å²) in [7, 11) is 0. The summed E-state index contributed by atoms with van der Waals surface area (Å²) in [4.78, 5) is 6.29. The Balaban J connectivity index is 1.74. The SMILES string of the molecule is Cc1cc(N(c2cc3ccccc3o2)c2cc3ccccc3o2)ccn1. The quantitative estimate of drug-likeness (QED) is 0.384. The number of hydrogen-bond acceptors (Lipinski definition) is 4. The second-order valence-electron chi connectivity index (χ2n) is 6.24. The Bertz CT molecular complexity index is 1080. The van der Waals surface area contributed by atoms with Gasteiger partial charge < -0.3 is 8.83 Å². The average Bonchev–Trinajstić information content (AvgIpc) is 3.25. The fourth-order valence-corrected chi connectivity index (χ4v) is 3.19. The van der Waals surface area contributed by atoms with E-state index in [9.17, 15) is 0 Å². The van der Waals surface area contributed by atoms with Gasteiger partial charge in [0.05, 0.1) is 5.69 Å². The van der Waals surface area contributed by atoms with Crippen molar-refractivity contribution in [3.05, 3.63) is 84.7 Å². The highest BCUT2D eigenvalue weighted by molar-refractivity contribution is 5.87. The van der Waals surface area contributed by atoms with Crippen LogP contribution in [0.4, 0.5) is 17.5 Å². The summed E-state index contributed by atoms with van der Waals surface area (Å²) in [5, 5.41) is 2.10. The van der Waals surface area contributed by atoms with Gasteiger partial charge in [-0.15, -0.1) is 0 Å². The van der Waals surface area contributed by atoms with Crippen molar-refractivity contribution in [2.24, 2.45) is 0 Å². The third kappa shape index (κ3) is 2.43. The van der Waals surface area contributed by atoms with Crippen LogP contribution in [0.1, 0.15) is 5.69 Å². The molecule has 0 bridgehead atoms. The summed E-state index contributed by atoms with van der Waals surface area (Å²) >= 11 is 0. The van der Waals surface area contributed by atoms with E-state index in [-0.39, 0.29) is 0 Å². The Labute approximate surface area is 150 Å². The molecule has 2 aromatic carbocycles. The minimum Gasteiger partial charge on any atom is -0.440 e. The van der Waals surface area contributed by atoms with Crippen LogP contribution in [0.15, 0.2) is 87.8 Å². The molecule has 0 spiro atoms. The number of aromatic nitrogens is 1. The number of rotatable bonds is 3. The van der Waals surface area contributed by atoms with Crippen LogP contribution in [0, 0.1) is 6.92 Å².